The van der Waals surface area contributed by atoms with Crippen LogP contribution in [0.4, 0.5) is 26.3 Å². The molecule has 0 amide bonds. The molecule has 1 aliphatic carbocycles. The van der Waals surface area contributed by atoms with Crippen molar-refractivity contribution < 1.29 is 40.0 Å². The minimum absolute atomic E-state index is 0.222. The van der Waals surface area contributed by atoms with Crippen molar-refractivity contribution >= 4 is 12.9 Å². The molecule has 0 radical (unpaired) electrons. The second kappa shape index (κ2) is 6.30. The predicted molar refractivity (Wildman–Crippen MR) is 69.7 cm³/mol. The Morgan fingerprint density at radius 3 is 2.00 bits per heavy atom. The van der Waals surface area contributed by atoms with Gasteiger partial charge in [-0.05, 0) is 17.5 Å². The molecule has 0 fully saturated rings. The number of halogens is 6. The lowest BCUT2D eigenvalue weighted by atomic mass is 10.1. The number of allylic oxidation sites excluding steroid dienone is 1. The molecule has 0 heterocycles. The fourth-order valence-electron chi connectivity index (χ4n) is 2.02. The van der Waals surface area contributed by atoms with Gasteiger partial charge in [0, 0.05) is 0 Å². The van der Waals surface area contributed by atoms with E-state index >= 15 is 0 Å². The average molecular weight is 360 g/mol. The number of alkyl halides is 6. The summed E-state index contributed by atoms with van der Waals surface area (Å²) >= 11 is 0. The number of benzene rings is 1. The van der Waals surface area contributed by atoms with Crippen LogP contribution in [0.15, 0.2) is 30.3 Å². The first-order valence-electron chi connectivity index (χ1n) is 6.32. The molecule has 0 spiro atoms. The molecular weight excluding hydrogens is 349 g/mol. The Bertz CT molecular complexity index is 628. The maximum atomic E-state index is 12.6. The highest BCUT2D eigenvalue weighted by Gasteiger charge is 2.42. The van der Waals surface area contributed by atoms with E-state index in [1.807, 2.05) is 0 Å². The Kier molecular flexibility index (Phi) is 4.94. The molecule has 0 aliphatic heterocycles. The summed E-state index contributed by atoms with van der Waals surface area (Å²) in [5.41, 5.74) is 0.883. The average Bonchev–Trinajstić information content (AvgIpc) is 2.86. The van der Waals surface area contributed by atoms with E-state index in [4.69, 9.17) is 0 Å². The number of fused-ring (bicyclic) bond motifs is 1. The summed E-state index contributed by atoms with van der Waals surface area (Å²) in [6.45, 7) is -3.94. The van der Waals surface area contributed by atoms with Gasteiger partial charge in [0.05, 0.1) is 5.31 Å². The molecule has 0 unspecified atom stereocenters. The van der Waals surface area contributed by atoms with Crippen LogP contribution in [0, 0.1) is 0 Å². The highest BCUT2D eigenvalue weighted by Crippen LogP contribution is 2.63. The summed E-state index contributed by atoms with van der Waals surface area (Å²) in [4.78, 5) is 0. The molecular formula is C13H11F6O3P. The molecule has 23 heavy (non-hydrogen) atoms. The molecule has 0 atom stereocenters. The van der Waals surface area contributed by atoms with E-state index in [-0.39, 0.29) is 17.3 Å². The molecule has 2 rings (SSSR count). The molecule has 3 nitrogen and oxygen atoms in total. The lowest BCUT2D eigenvalue weighted by Gasteiger charge is -2.22. The topological polar surface area (TPSA) is 35.5 Å². The number of rotatable bonds is 5. The standard InChI is InChI=1S/C13H11F6O3P/c14-12(15,16)7-21-23(20,22-8-13(17,18)19)11-6-5-9-3-1-2-4-10(9)11/h1-4,6H,5,7-8H2. The zero-order chi connectivity index (χ0) is 17.3. The van der Waals surface area contributed by atoms with Crippen LogP contribution in [0.2, 0.25) is 0 Å². The highest BCUT2D eigenvalue weighted by molar-refractivity contribution is 7.65. The van der Waals surface area contributed by atoms with Gasteiger partial charge in [0.15, 0.2) is 13.2 Å². The molecule has 0 saturated heterocycles. The van der Waals surface area contributed by atoms with E-state index in [0.717, 1.165) is 0 Å². The maximum Gasteiger partial charge on any atom is 0.412 e. The third-order valence-corrected chi connectivity index (χ3v) is 4.85. The Hall–Kier alpha value is -1.31. The fourth-order valence-corrected chi connectivity index (χ4v) is 3.83. The molecule has 0 saturated carbocycles. The molecule has 1 aromatic carbocycles. The number of hydrogen-bond acceptors (Lipinski definition) is 3. The van der Waals surface area contributed by atoms with Gasteiger partial charge in [0.2, 0.25) is 0 Å². The van der Waals surface area contributed by atoms with Gasteiger partial charge in [-0.25, -0.2) is 0 Å². The minimum atomic E-state index is -4.85. The molecule has 0 N–H and O–H groups in total. The Morgan fingerprint density at radius 1 is 0.957 bits per heavy atom. The van der Waals surface area contributed by atoms with Crippen molar-refractivity contribution in [2.24, 2.45) is 0 Å². The van der Waals surface area contributed by atoms with Gasteiger partial charge in [0.25, 0.3) is 0 Å². The van der Waals surface area contributed by atoms with Crippen molar-refractivity contribution in [2.75, 3.05) is 13.2 Å². The maximum absolute atomic E-state index is 12.6. The molecule has 1 aliphatic rings. The minimum Gasteiger partial charge on any atom is -0.296 e. The first-order chi connectivity index (χ1) is 10.5. The molecule has 0 aromatic heterocycles. The monoisotopic (exact) mass is 360 g/mol. The van der Waals surface area contributed by atoms with E-state index in [0.29, 0.717) is 5.56 Å². The molecule has 10 heteroatoms. The summed E-state index contributed by atoms with van der Waals surface area (Å²) < 4.78 is 94.9. The molecule has 128 valence electrons. The van der Waals surface area contributed by atoms with E-state index in [1.54, 1.807) is 12.1 Å². The fraction of sp³-hybridized carbons (Fsp3) is 0.385. The summed E-state index contributed by atoms with van der Waals surface area (Å²) in [5.74, 6) is 0. The Balaban J connectivity index is 2.29. The van der Waals surface area contributed by atoms with Gasteiger partial charge in [0.1, 0.15) is 0 Å². The van der Waals surface area contributed by atoms with E-state index < -0.39 is 33.2 Å². The van der Waals surface area contributed by atoms with Crippen LogP contribution in [0.3, 0.4) is 0 Å². The quantitative estimate of drug-likeness (QED) is 0.552. The van der Waals surface area contributed by atoms with Gasteiger partial charge in [-0.3, -0.25) is 13.6 Å². The van der Waals surface area contributed by atoms with Crippen molar-refractivity contribution in [1.29, 1.82) is 0 Å². The second-order valence-electron chi connectivity index (χ2n) is 4.73. The third kappa shape index (κ3) is 4.83. The van der Waals surface area contributed by atoms with Crippen LogP contribution >= 0.6 is 7.60 Å². The zero-order valence-electron chi connectivity index (χ0n) is 11.4. The number of hydrogen-bond donors (Lipinski definition) is 0. The predicted octanol–water partition coefficient (Wildman–Crippen LogP) is 4.93. The van der Waals surface area contributed by atoms with Crippen molar-refractivity contribution in [3.05, 3.63) is 41.5 Å². The van der Waals surface area contributed by atoms with Crippen molar-refractivity contribution in [1.82, 2.24) is 0 Å². The van der Waals surface area contributed by atoms with Crippen LogP contribution < -0.4 is 0 Å². The largest absolute Gasteiger partial charge is 0.412 e. The van der Waals surface area contributed by atoms with Gasteiger partial charge >= 0.3 is 19.9 Å². The van der Waals surface area contributed by atoms with Gasteiger partial charge in [-0.1, -0.05) is 30.3 Å². The lowest BCUT2D eigenvalue weighted by molar-refractivity contribution is -0.164. The van der Waals surface area contributed by atoms with E-state index in [1.165, 1.54) is 18.2 Å². The Labute approximate surface area is 127 Å². The van der Waals surface area contributed by atoms with Crippen molar-refractivity contribution in [2.45, 2.75) is 18.8 Å². The van der Waals surface area contributed by atoms with E-state index in [9.17, 15) is 30.9 Å². The summed E-state index contributed by atoms with van der Waals surface area (Å²) in [5, 5.41) is -0.276. The first kappa shape index (κ1) is 18.0. The van der Waals surface area contributed by atoms with Gasteiger partial charge in [-0.2, -0.15) is 26.3 Å². The van der Waals surface area contributed by atoms with Crippen molar-refractivity contribution in [3.63, 3.8) is 0 Å². The van der Waals surface area contributed by atoms with Crippen molar-refractivity contribution in [3.8, 4) is 0 Å². The lowest BCUT2D eigenvalue weighted by Crippen LogP contribution is -2.20. The zero-order valence-corrected chi connectivity index (χ0v) is 12.3. The Morgan fingerprint density at radius 2 is 1.48 bits per heavy atom. The smallest absolute Gasteiger partial charge is 0.296 e. The van der Waals surface area contributed by atoms with E-state index in [2.05, 4.69) is 9.05 Å². The van der Waals surface area contributed by atoms with Crippen LogP contribution in [-0.2, 0) is 20.0 Å². The SMILES string of the molecule is O=P(OCC(F)(F)F)(OCC(F)(F)F)C1=CCc2ccccc21. The molecule has 1 aromatic rings. The molecule has 0 bridgehead atoms. The van der Waals surface area contributed by atoms with Gasteiger partial charge in [-0.15, -0.1) is 0 Å². The summed E-state index contributed by atoms with van der Waals surface area (Å²) in [6.07, 6.45) is -8.22. The van der Waals surface area contributed by atoms with Gasteiger partial charge < -0.3 is 0 Å². The van der Waals surface area contributed by atoms with Crippen LogP contribution in [0.5, 0.6) is 0 Å². The third-order valence-electron chi connectivity index (χ3n) is 2.90. The summed E-state index contributed by atoms with van der Waals surface area (Å²) in [6, 6.07) is 6.23. The first-order valence-corrected chi connectivity index (χ1v) is 7.86. The second-order valence-corrected chi connectivity index (χ2v) is 6.72. The normalized spacial score (nSPS) is 15.5. The highest BCUT2D eigenvalue weighted by atomic mass is 31.2. The summed E-state index contributed by atoms with van der Waals surface area (Å²) in [7, 11) is -4.77. The van der Waals surface area contributed by atoms with Crippen LogP contribution in [0.1, 0.15) is 11.1 Å². The van der Waals surface area contributed by atoms with Crippen LogP contribution in [0.25, 0.3) is 5.31 Å². The van der Waals surface area contributed by atoms with Crippen LogP contribution in [-0.4, -0.2) is 25.6 Å².